The van der Waals surface area contributed by atoms with Crippen molar-refractivity contribution in [2.45, 2.75) is 45.4 Å². The van der Waals surface area contributed by atoms with Crippen LogP contribution in [-0.4, -0.2) is 30.2 Å². The van der Waals surface area contributed by atoms with E-state index < -0.39 is 0 Å². The number of hydrazone groups is 1. The summed E-state index contributed by atoms with van der Waals surface area (Å²) in [6.07, 6.45) is 7.09. The molecule has 0 heterocycles. The highest BCUT2D eigenvalue weighted by Crippen LogP contribution is 2.29. The summed E-state index contributed by atoms with van der Waals surface area (Å²) in [6, 6.07) is 7.94. The van der Waals surface area contributed by atoms with E-state index in [9.17, 15) is 0 Å². The van der Waals surface area contributed by atoms with Gasteiger partial charge in [-0.15, -0.1) is 0 Å². The molecule has 2 rings (SSSR count). The Kier molecular flexibility index (Phi) is 7.69. The van der Waals surface area contributed by atoms with E-state index in [-0.39, 0.29) is 12.5 Å². The van der Waals surface area contributed by atoms with Crippen LogP contribution in [-0.2, 0) is 0 Å². The van der Waals surface area contributed by atoms with Crippen LogP contribution in [0.2, 0.25) is 0 Å². The molecule has 0 radical (unpaired) electrons. The first kappa shape index (κ1) is 19.2. The van der Waals surface area contributed by atoms with Crippen molar-refractivity contribution >= 4 is 11.9 Å². The first-order valence-corrected chi connectivity index (χ1v) is 9.13. The van der Waals surface area contributed by atoms with Gasteiger partial charge in [0.25, 0.3) is 0 Å². The van der Waals surface area contributed by atoms with Crippen LogP contribution < -0.4 is 5.84 Å². The van der Waals surface area contributed by atoms with Gasteiger partial charge in [-0.1, -0.05) is 57.1 Å². The number of benzene rings is 1. The molecule has 1 aliphatic carbocycles. The van der Waals surface area contributed by atoms with E-state index in [1.165, 1.54) is 25.7 Å². The average Bonchev–Trinajstić information content (AvgIpc) is 2.64. The number of nitrogens with two attached hydrogens (primary N) is 1. The Labute approximate surface area is 151 Å². The Morgan fingerprint density at radius 1 is 1.40 bits per heavy atom. The largest absolute Gasteiger partial charge is 0.384 e. The second kappa shape index (κ2) is 10.0. The van der Waals surface area contributed by atoms with Crippen LogP contribution in [0.1, 0.15) is 56.6 Å². The molecular formula is C21H29N3O. The summed E-state index contributed by atoms with van der Waals surface area (Å²) < 4.78 is 0. The molecule has 0 amide bonds. The van der Waals surface area contributed by atoms with Crippen molar-refractivity contribution in [3.8, 4) is 11.8 Å². The lowest BCUT2D eigenvalue weighted by Gasteiger charge is -2.27. The lowest BCUT2D eigenvalue weighted by molar-refractivity contribution is 0.264. The van der Waals surface area contributed by atoms with Gasteiger partial charge < -0.3 is 10.9 Å². The van der Waals surface area contributed by atoms with Gasteiger partial charge in [-0.25, -0.2) is 0 Å². The third kappa shape index (κ3) is 5.72. The number of aliphatic imine (C=N–C) groups is 1. The molecule has 0 saturated heterocycles. The van der Waals surface area contributed by atoms with Gasteiger partial charge in [0.1, 0.15) is 6.61 Å². The van der Waals surface area contributed by atoms with Crippen LogP contribution in [0.15, 0.2) is 34.4 Å². The maximum atomic E-state index is 8.83. The fourth-order valence-corrected chi connectivity index (χ4v) is 3.40. The lowest BCUT2D eigenvalue weighted by atomic mass is 9.80. The Morgan fingerprint density at radius 3 is 2.92 bits per heavy atom. The summed E-state index contributed by atoms with van der Waals surface area (Å²) >= 11 is 0. The number of aliphatic hydroxyl groups is 1. The fourth-order valence-electron chi connectivity index (χ4n) is 3.40. The molecular weight excluding hydrogens is 310 g/mol. The van der Waals surface area contributed by atoms with Crippen LogP contribution in [0, 0.1) is 23.7 Å². The van der Waals surface area contributed by atoms with E-state index in [1.54, 1.807) is 0 Å². The highest BCUT2D eigenvalue weighted by Gasteiger charge is 2.20. The summed E-state index contributed by atoms with van der Waals surface area (Å²) in [5.74, 6) is 12.7. The average molecular weight is 339 g/mol. The van der Waals surface area contributed by atoms with Gasteiger partial charge in [-0.05, 0) is 36.0 Å². The first-order valence-electron chi connectivity index (χ1n) is 9.13. The Hall–Kier alpha value is -2.12. The van der Waals surface area contributed by atoms with Crippen molar-refractivity contribution in [2.24, 2.45) is 27.8 Å². The Bertz CT molecular complexity index is 669. The highest BCUT2D eigenvalue weighted by atomic mass is 16.2. The molecule has 1 fully saturated rings. The van der Waals surface area contributed by atoms with Gasteiger partial charge in [-0.2, -0.15) is 5.10 Å². The summed E-state index contributed by atoms with van der Waals surface area (Å²) in [4.78, 5) is 4.64. The minimum Gasteiger partial charge on any atom is -0.384 e. The fraction of sp³-hybridized carbons (Fsp3) is 0.524. The molecule has 0 aliphatic heterocycles. The first-order chi connectivity index (χ1) is 12.2. The smallest absolute Gasteiger partial charge is 0.104 e. The summed E-state index contributed by atoms with van der Waals surface area (Å²) in [6.45, 7) is 5.12. The lowest BCUT2D eigenvalue weighted by Crippen LogP contribution is -2.20. The zero-order chi connectivity index (χ0) is 18.1. The van der Waals surface area contributed by atoms with Gasteiger partial charge in [-0.3, -0.25) is 4.99 Å². The van der Waals surface area contributed by atoms with Gasteiger partial charge >= 0.3 is 0 Å². The number of rotatable bonds is 5. The van der Waals surface area contributed by atoms with E-state index in [0.717, 1.165) is 29.3 Å². The van der Waals surface area contributed by atoms with Crippen molar-refractivity contribution in [1.82, 2.24) is 0 Å². The van der Waals surface area contributed by atoms with Gasteiger partial charge in [0, 0.05) is 24.2 Å². The molecule has 0 spiro atoms. The maximum absolute atomic E-state index is 8.83. The quantitative estimate of drug-likeness (QED) is 0.374. The van der Waals surface area contributed by atoms with Crippen molar-refractivity contribution in [1.29, 1.82) is 0 Å². The van der Waals surface area contributed by atoms with E-state index in [2.05, 4.69) is 35.8 Å². The second-order valence-corrected chi connectivity index (χ2v) is 6.88. The van der Waals surface area contributed by atoms with Crippen LogP contribution in [0.3, 0.4) is 0 Å². The SMILES string of the molecule is CC(/C(C=NCC1CCCCC1C)=N/N)c1cccc(C#CCO)c1. The predicted molar refractivity (Wildman–Crippen MR) is 105 cm³/mol. The third-order valence-corrected chi connectivity index (χ3v) is 5.14. The van der Waals surface area contributed by atoms with E-state index in [4.69, 9.17) is 10.9 Å². The van der Waals surface area contributed by atoms with Crippen molar-refractivity contribution in [2.75, 3.05) is 13.2 Å². The normalized spacial score (nSPS) is 22.4. The molecule has 1 aliphatic rings. The topological polar surface area (TPSA) is 71.0 Å². The third-order valence-electron chi connectivity index (χ3n) is 5.14. The molecule has 0 aromatic heterocycles. The zero-order valence-electron chi connectivity index (χ0n) is 15.3. The summed E-state index contributed by atoms with van der Waals surface area (Å²) in [5.41, 5.74) is 2.74. The molecule has 4 heteroatoms. The number of aliphatic hydroxyl groups excluding tert-OH is 1. The number of hydrogen-bond acceptors (Lipinski definition) is 4. The van der Waals surface area contributed by atoms with Crippen molar-refractivity contribution < 1.29 is 5.11 Å². The summed E-state index contributed by atoms with van der Waals surface area (Å²) in [5, 5.41) is 12.8. The summed E-state index contributed by atoms with van der Waals surface area (Å²) in [7, 11) is 0. The van der Waals surface area contributed by atoms with Gasteiger partial charge in [0.05, 0.1) is 5.71 Å². The molecule has 1 aromatic carbocycles. The number of nitrogens with zero attached hydrogens (tertiary/aromatic N) is 2. The van der Waals surface area contributed by atoms with Crippen molar-refractivity contribution in [3.05, 3.63) is 35.4 Å². The molecule has 25 heavy (non-hydrogen) atoms. The van der Waals surface area contributed by atoms with Crippen LogP contribution in [0.5, 0.6) is 0 Å². The molecule has 0 bridgehead atoms. The minimum absolute atomic E-state index is 0.0494. The van der Waals surface area contributed by atoms with Crippen LogP contribution >= 0.6 is 0 Å². The molecule has 134 valence electrons. The number of hydrogen-bond donors (Lipinski definition) is 2. The second-order valence-electron chi connectivity index (χ2n) is 6.88. The predicted octanol–water partition coefficient (Wildman–Crippen LogP) is 3.35. The van der Waals surface area contributed by atoms with Crippen LogP contribution in [0.4, 0.5) is 0 Å². The molecule has 1 saturated carbocycles. The Morgan fingerprint density at radius 2 is 2.20 bits per heavy atom. The zero-order valence-corrected chi connectivity index (χ0v) is 15.3. The van der Waals surface area contributed by atoms with E-state index in [0.29, 0.717) is 5.92 Å². The molecule has 4 nitrogen and oxygen atoms in total. The van der Waals surface area contributed by atoms with E-state index >= 15 is 0 Å². The molecule has 3 N–H and O–H groups in total. The molecule has 3 unspecified atom stereocenters. The highest BCUT2D eigenvalue weighted by molar-refractivity contribution is 6.32. The van der Waals surface area contributed by atoms with Crippen LogP contribution in [0.25, 0.3) is 0 Å². The van der Waals surface area contributed by atoms with Crippen molar-refractivity contribution in [3.63, 3.8) is 0 Å². The minimum atomic E-state index is -0.137. The molecule has 1 aromatic rings. The Balaban J connectivity index is 2.03. The molecule has 3 atom stereocenters. The monoisotopic (exact) mass is 339 g/mol. The van der Waals surface area contributed by atoms with Gasteiger partial charge in [0.15, 0.2) is 0 Å². The standard InChI is InChI=1S/C21H29N3O/c1-16-7-3-4-10-20(16)14-23-15-21(24-22)17(2)19-11-5-8-18(13-19)9-6-12-25/h5,8,11,13,15-17,20,25H,3-4,7,10,12,14,22H2,1-2H3/b23-15?,24-21+. The maximum Gasteiger partial charge on any atom is 0.104 e. The van der Waals surface area contributed by atoms with E-state index in [1.807, 2.05) is 30.5 Å². The van der Waals surface area contributed by atoms with Gasteiger partial charge in [0.2, 0.25) is 0 Å².